The molecule has 1 rings (SSSR count). The summed E-state index contributed by atoms with van der Waals surface area (Å²) >= 11 is 0. The van der Waals surface area contributed by atoms with E-state index in [1.165, 1.54) is 0 Å². The molecule has 0 radical (unpaired) electrons. The minimum Gasteiger partial charge on any atom is -0.355 e. The summed E-state index contributed by atoms with van der Waals surface area (Å²) in [7, 11) is 0. The van der Waals surface area contributed by atoms with Crippen LogP contribution in [0.5, 0.6) is 0 Å². The monoisotopic (exact) mass is 215 g/mol. The van der Waals surface area contributed by atoms with Gasteiger partial charge in [0.25, 0.3) is 0 Å². The van der Waals surface area contributed by atoms with Crippen molar-refractivity contribution in [3.05, 3.63) is 0 Å². The third-order valence-electron chi connectivity index (χ3n) is 3.49. The second kappa shape index (κ2) is 5.83. The van der Waals surface area contributed by atoms with Gasteiger partial charge in [0.2, 0.25) is 0 Å². The maximum Gasteiger partial charge on any atom is 0.147 e. The molecular formula is C12H25NO2. The van der Waals surface area contributed by atoms with Gasteiger partial charge in [0.1, 0.15) is 6.79 Å². The highest BCUT2D eigenvalue weighted by atomic mass is 16.7. The minimum absolute atomic E-state index is 0.335. The van der Waals surface area contributed by atoms with Crippen LogP contribution >= 0.6 is 0 Å². The zero-order chi connectivity index (χ0) is 11.3. The molecule has 3 nitrogen and oxygen atoms in total. The Labute approximate surface area is 93.5 Å². The Hall–Kier alpha value is -0.120. The first kappa shape index (κ1) is 12.9. The van der Waals surface area contributed by atoms with Gasteiger partial charge in [-0.2, -0.15) is 0 Å². The summed E-state index contributed by atoms with van der Waals surface area (Å²) in [5.41, 5.74) is 0.352. The molecule has 0 aliphatic carbocycles. The van der Waals surface area contributed by atoms with E-state index in [2.05, 4.69) is 33.0 Å². The smallest absolute Gasteiger partial charge is 0.147 e. The Morgan fingerprint density at radius 1 is 1.40 bits per heavy atom. The first-order valence-corrected chi connectivity index (χ1v) is 5.92. The molecule has 0 bridgehead atoms. The number of hydrogen-bond donors (Lipinski definition) is 1. The van der Waals surface area contributed by atoms with Gasteiger partial charge in [-0.05, 0) is 17.8 Å². The van der Waals surface area contributed by atoms with Gasteiger partial charge < -0.3 is 14.8 Å². The lowest BCUT2D eigenvalue weighted by Crippen LogP contribution is -2.39. The Balaban J connectivity index is 2.14. The first-order chi connectivity index (χ1) is 7.02. The van der Waals surface area contributed by atoms with E-state index in [0.29, 0.717) is 24.2 Å². The fourth-order valence-electron chi connectivity index (χ4n) is 1.42. The zero-order valence-electron chi connectivity index (χ0n) is 10.5. The third-order valence-corrected chi connectivity index (χ3v) is 3.49. The Morgan fingerprint density at radius 3 is 2.67 bits per heavy atom. The Bertz CT molecular complexity index is 174. The highest BCUT2D eigenvalue weighted by Crippen LogP contribution is 2.24. The van der Waals surface area contributed by atoms with Crippen LogP contribution in [0.4, 0.5) is 0 Å². The van der Waals surface area contributed by atoms with Gasteiger partial charge in [-0.3, -0.25) is 0 Å². The predicted octanol–water partition coefficient (Wildman–Crippen LogP) is 2.02. The van der Waals surface area contributed by atoms with Crippen LogP contribution in [-0.4, -0.2) is 32.6 Å². The van der Waals surface area contributed by atoms with Crippen LogP contribution in [-0.2, 0) is 9.47 Å². The average Bonchev–Trinajstić information content (AvgIpc) is 2.19. The molecular weight excluding hydrogens is 190 g/mol. The standard InChI is InChI=1S/C12H25NO2/c1-10(2)12(3,4)8-13-7-11-5-6-14-9-15-11/h10-11,13H,5-9H2,1-4H3. The van der Waals surface area contributed by atoms with Crippen molar-refractivity contribution in [2.45, 2.75) is 40.2 Å². The summed E-state index contributed by atoms with van der Waals surface area (Å²) in [5, 5.41) is 3.50. The molecule has 0 aromatic carbocycles. The molecule has 0 aromatic heterocycles. The third kappa shape index (κ3) is 4.49. The summed E-state index contributed by atoms with van der Waals surface area (Å²) in [5.74, 6) is 0.695. The number of hydrogen-bond acceptors (Lipinski definition) is 3. The van der Waals surface area contributed by atoms with Crippen molar-refractivity contribution >= 4 is 0 Å². The highest BCUT2D eigenvalue weighted by Gasteiger charge is 2.22. The molecule has 1 aliphatic rings. The molecule has 0 aromatic rings. The largest absolute Gasteiger partial charge is 0.355 e. The van der Waals surface area contributed by atoms with Crippen LogP contribution in [0, 0.1) is 11.3 Å². The molecule has 15 heavy (non-hydrogen) atoms. The summed E-state index contributed by atoms with van der Waals surface area (Å²) < 4.78 is 10.6. The molecule has 90 valence electrons. The van der Waals surface area contributed by atoms with Gasteiger partial charge in [-0.15, -0.1) is 0 Å². The summed E-state index contributed by atoms with van der Waals surface area (Å²) in [6.07, 6.45) is 1.34. The molecule has 1 fully saturated rings. The van der Waals surface area contributed by atoms with Crippen LogP contribution < -0.4 is 5.32 Å². The number of rotatable bonds is 5. The van der Waals surface area contributed by atoms with Crippen molar-refractivity contribution in [3.63, 3.8) is 0 Å². The van der Waals surface area contributed by atoms with Gasteiger partial charge in [0.05, 0.1) is 12.7 Å². The van der Waals surface area contributed by atoms with Crippen LogP contribution in [0.3, 0.4) is 0 Å². The Kier molecular flexibility index (Phi) is 5.03. The molecule has 1 saturated heterocycles. The minimum atomic E-state index is 0.335. The van der Waals surface area contributed by atoms with Crippen LogP contribution in [0.25, 0.3) is 0 Å². The van der Waals surface area contributed by atoms with E-state index < -0.39 is 0 Å². The second-order valence-electron chi connectivity index (χ2n) is 5.38. The van der Waals surface area contributed by atoms with E-state index in [1.807, 2.05) is 0 Å². The molecule has 0 saturated carbocycles. The lowest BCUT2D eigenvalue weighted by molar-refractivity contribution is -0.137. The highest BCUT2D eigenvalue weighted by molar-refractivity contribution is 4.76. The topological polar surface area (TPSA) is 30.5 Å². The predicted molar refractivity (Wildman–Crippen MR) is 61.8 cm³/mol. The van der Waals surface area contributed by atoms with Crippen LogP contribution in [0.1, 0.15) is 34.1 Å². The van der Waals surface area contributed by atoms with Crippen molar-refractivity contribution < 1.29 is 9.47 Å². The summed E-state index contributed by atoms with van der Waals surface area (Å²) in [6.45, 7) is 12.4. The summed E-state index contributed by atoms with van der Waals surface area (Å²) in [6, 6.07) is 0. The van der Waals surface area contributed by atoms with Crippen molar-refractivity contribution in [2.24, 2.45) is 11.3 Å². The lowest BCUT2D eigenvalue weighted by atomic mass is 9.81. The molecule has 1 heterocycles. The second-order valence-corrected chi connectivity index (χ2v) is 5.38. The van der Waals surface area contributed by atoms with E-state index in [0.717, 1.165) is 26.1 Å². The number of nitrogens with one attached hydrogen (secondary N) is 1. The van der Waals surface area contributed by atoms with E-state index in [1.54, 1.807) is 0 Å². The number of ether oxygens (including phenoxy) is 2. The van der Waals surface area contributed by atoms with Crippen molar-refractivity contribution in [3.8, 4) is 0 Å². The van der Waals surface area contributed by atoms with Crippen molar-refractivity contribution in [2.75, 3.05) is 26.5 Å². The van der Waals surface area contributed by atoms with Crippen molar-refractivity contribution in [1.29, 1.82) is 0 Å². The van der Waals surface area contributed by atoms with E-state index in [9.17, 15) is 0 Å². The lowest BCUT2D eigenvalue weighted by Gasteiger charge is -2.31. The average molecular weight is 215 g/mol. The Morgan fingerprint density at radius 2 is 2.13 bits per heavy atom. The normalized spacial score (nSPS) is 23.4. The van der Waals surface area contributed by atoms with Gasteiger partial charge >= 0.3 is 0 Å². The van der Waals surface area contributed by atoms with E-state index in [4.69, 9.17) is 9.47 Å². The summed E-state index contributed by atoms with van der Waals surface area (Å²) in [4.78, 5) is 0. The molecule has 0 spiro atoms. The first-order valence-electron chi connectivity index (χ1n) is 5.92. The van der Waals surface area contributed by atoms with Gasteiger partial charge in [0, 0.05) is 13.1 Å². The molecule has 1 atom stereocenters. The maximum atomic E-state index is 5.47. The molecule has 1 aliphatic heterocycles. The van der Waals surface area contributed by atoms with E-state index >= 15 is 0 Å². The van der Waals surface area contributed by atoms with Crippen LogP contribution in [0.15, 0.2) is 0 Å². The van der Waals surface area contributed by atoms with Crippen LogP contribution in [0.2, 0.25) is 0 Å². The zero-order valence-corrected chi connectivity index (χ0v) is 10.5. The molecule has 1 N–H and O–H groups in total. The van der Waals surface area contributed by atoms with Gasteiger partial charge in [0.15, 0.2) is 0 Å². The quantitative estimate of drug-likeness (QED) is 0.761. The molecule has 3 heteroatoms. The van der Waals surface area contributed by atoms with Crippen molar-refractivity contribution in [1.82, 2.24) is 5.32 Å². The van der Waals surface area contributed by atoms with E-state index in [-0.39, 0.29) is 0 Å². The van der Waals surface area contributed by atoms with Gasteiger partial charge in [-0.1, -0.05) is 27.7 Å². The molecule has 0 amide bonds. The maximum absolute atomic E-state index is 5.47. The van der Waals surface area contributed by atoms with Gasteiger partial charge in [-0.25, -0.2) is 0 Å². The fraction of sp³-hybridized carbons (Fsp3) is 1.00. The molecule has 1 unspecified atom stereocenters. The SMILES string of the molecule is CC(C)C(C)(C)CNCC1CCOCO1. The fourth-order valence-corrected chi connectivity index (χ4v) is 1.42.